The summed E-state index contributed by atoms with van der Waals surface area (Å²) in [6, 6.07) is 0. The summed E-state index contributed by atoms with van der Waals surface area (Å²) in [4.78, 5) is 0. The van der Waals surface area contributed by atoms with Gasteiger partial charge < -0.3 is 5.11 Å². The summed E-state index contributed by atoms with van der Waals surface area (Å²) in [6.45, 7) is 7.41. The van der Waals surface area contributed by atoms with Crippen molar-refractivity contribution in [2.45, 2.75) is 58.5 Å². The summed E-state index contributed by atoms with van der Waals surface area (Å²) in [6.07, 6.45) is -0.183. The van der Waals surface area contributed by atoms with Gasteiger partial charge in [0.2, 0.25) is 5.92 Å². The fraction of sp³-hybridized carbons (Fsp3) is 1.00. The maximum absolute atomic E-state index is 13.2. The van der Waals surface area contributed by atoms with Gasteiger partial charge in [-0.1, -0.05) is 20.8 Å². The van der Waals surface area contributed by atoms with Gasteiger partial charge in [0.25, 0.3) is 0 Å². The van der Waals surface area contributed by atoms with Gasteiger partial charge >= 0.3 is 0 Å². The van der Waals surface area contributed by atoms with E-state index in [1.54, 1.807) is 6.92 Å². The zero-order valence-electron chi connectivity index (χ0n) is 9.40. The van der Waals surface area contributed by atoms with E-state index in [-0.39, 0.29) is 30.6 Å². The molecule has 0 saturated heterocycles. The highest BCUT2D eigenvalue weighted by atomic mass is 19.3. The van der Waals surface area contributed by atoms with Crippen LogP contribution < -0.4 is 0 Å². The summed E-state index contributed by atoms with van der Waals surface area (Å²) in [5.74, 6) is -2.93. The Morgan fingerprint density at radius 2 is 1.71 bits per heavy atom. The third-order valence-corrected chi connectivity index (χ3v) is 3.30. The molecule has 1 N–H and O–H groups in total. The van der Waals surface area contributed by atoms with Crippen LogP contribution in [0.4, 0.5) is 8.78 Å². The molecule has 1 aliphatic rings. The number of rotatable bonds is 0. The van der Waals surface area contributed by atoms with E-state index in [4.69, 9.17) is 0 Å². The van der Waals surface area contributed by atoms with Gasteiger partial charge in [-0.2, -0.15) is 0 Å². The second-order valence-electron chi connectivity index (χ2n) is 5.84. The molecule has 1 fully saturated rings. The van der Waals surface area contributed by atoms with E-state index < -0.39 is 11.5 Å². The van der Waals surface area contributed by atoms with Gasteiger partial charge in [-0.3, -0.25) is 0 Å². The molecule has 1 nitrogen and oxygen atoms in total. The first kappa shape index (κ1) is 11.9. The highest BCUT2D eigenvalue weighted by Crippen LogP contribution is 2.49. The molecule has 14 heavy (non-hydrogen) atoms. The predicted octanol–water partition coefficient (Wildman–Crippen LogP) is 3.22. The van der Waals surface area contributed by atoms with Crippen LogP contribution in [0.3, 0.4) is 0 Å². The molecule has 0 bridgehead atoms. The number of hydrogen-bond donors (Lipinski definition) is 1. The van der Waals surface area contributed by atoms with E-state index in [1.807, 2.05) is 20.8 Å². The molecule has 0 unspecified atom stereocenters. The Morgan fingerprint density at radius 1 is 1.21 bits per heavy atom. The van der Waals surface area contributed by atoms with Crippen molar-refractivity contribution in [2.75, 3.05) is 0 Å². The molecule has 0 aromatic rings. The Morgan fingerprint density at radius 3 is 2.07 bits per heavy atom. The number of alkyl halides is 2. The molecular formula is C11H20F2O. The minimum atomic E-state index is -2.60. The maximum atomic E-state index is 13.2. The molecule has 0 aliphatic heterocycles. The first-order chi connectivity index (χ1) is 6.05. The first-order valence-electron chi connectivity index (χ1n) is 5.15. The molecule has 0 aromatic carbocycles. The van der Waals surface area contributed by atoms with E-state index in [0.29, 0.717) is 0 Å². The zero-order chi connectivity index (χ0) is 11.2. The molecule has 1 rings (SSSR count). The van der Waals surface area contributed by atoms with Crippen LogP contribution in [0.2, 0.25) is 0 Å². The van der Waals surface area contributed by atoms with E-state index in [0.717, 1.165) is 0 Å². The predicted molar refractivity (Wildman–Crippen MR) is 52.4 cm³/mol. The summed E-state index contributed by atoms with van der Waals surface area (Å²) >= 11 is 0. The molecule has 0 spiro atoms. The normalized spacial score (nSPS) is 38.4. The Balaban J connectivity index is 2.88. The minimum Gasteiger partial charge on any atom is -0.390 e. The number of halogens is 2. The summed E-state index contributed by atoms with van der Waals surface area (Å²) in [5, 5.41) is 10.1. The number of hydrogen-bond acceptors (Lipinski definition) is 1. The quantitative estimate of drug-likeness (QED) is 0.645. The van der Waals surface area contributed by atoms with Crippen molar-refractivity contribution in [1.82, 2.24) is 0 Å². The molecule has 1 aliphatic carbocycles. The van der Waals surface area contributed by atoms with Crippen LogP contribution in [0.25, 0.3) is 0 Å². The van der Waals surface area contributed by atoms with Gasteiger partial charge in [0, 0.05) is 12.8 Å². The highest BCUT2D eigenvalue weighted by Gasteiger charge is 2.50. The highest BCUT2D eigenvalue weighted by molar-refractivity contribution is 4.97. The Bertz CT molecular complexity index is 216. The third kappa shape index (κ3) is 2.44. The average Bonchev–Trinajstić information content (AvgIpc) is 1.93. The van der Waals surface area contributed by atoms with Crippen LogP contribution in [-0.2, 0) is 0 Å². The fourth-order valence-electron chi connectivity index (χ4n) is 2.47. The molecule has 0 radical (unpaired) electrons. The van der Waals surface area contributed by atoms with Gasteiger partial charge in [0.1, 0.15) is 0 Å². The van der Waals surface area contributed by atoms with Crippen molar-refractivity contribution in [1.29, 1.82) is 0 Å². The summed E-state index contributed by atoms with van der Waals surface area (Å²) in [5.41, 5.74) is -1.22. The topological polar surface area (TPSA) is 20.2 Å². The van der Waals surface area contributed by atoms with Gasteiger partial charge in [0.05, 0.1) is 5.60 Å². The minimum absolute atomic E-state index is 0.188. The SMILES string of the molecule is CC(C)(C)[C@H]1CC(F)(F)CC[C@@]1(C)O. The lowest BCUT2D eigenvalue weighted by atomic mass is 9.63. The van der Waals surface area contributed by atoms with E-state index in [1.165, 1.54) is 0 Å². The van der Waals surface area contributed by atoms with Gasteiger partial charge in [-0.05, 0) is 24.7 Å². The van der Waals surface area contributed by atoms with Crippen molar-refractivity contribution in [2.24, 2.45) is 11.3 Å². The maximum Gasteiger partial charge on any atom is 0.248 e. The summed E-state index contributed by atoms with van der Waals surface area (Å²) < 4.78 is 26.4. The standard InChI is InChI=1S/C11H20F2O/c1-9(2,3)8-7-11(12,13)6-5-10(8,4)14/h8,14H,5-7H2,1-4H3/t8-,10-/m1/s1. The lowest BCUT2D eigenvalue weighted by molar-refractivity contribution is -0.158. The molecule has 0 aromatic heterocycles. The average molecular weight is 206 g/mol. The first-order valence-corrected chi connectivity index (χ1v) is 5.15. The Hall–Kier alpha value is -0.180. The lowest BCUT2D eigenvalue weighted by Crippen LogP contribution is -2.49. The largest absolute Gasteiger partial charge is 0.390 e. The smallest absolute Gasteiger partial charge is 0.248 e. The van der Waals surface area contributed by atoms with Gasteiger partial charge in [0.15, 0.2) is 0 Å². The molecular weight excluding hydrogens is 186 g/mol. The monoisotopic (exact) mass is 206 g/mol. The summed E-state index contributed by atoms with van der Waals surface area (Å²) in [7, 11) is 0. The molecule has 0 amide bonds. The van der Waals surface area contributed by atoms with Crippen molar-refractivity contribution in [3.05, 3.63) is 0 Å². The second-order valence-corrected chi connectivity index (χ2v) is 5.84. The van der Waals surface area contributed by atoms with Crippen LogP contribution in [0.1, 0.15) is 47.0 Å². The van der Waals surface area contributed by atoms with Crippen LogP contribution in [0.15, 0.2) is 0 Å². The van der Waals surface area contributed by atoms with Crippen LogP contribution in [-0.4, -0.2) is 16.6 Å². The van der Waals surface area contributed by atoms with Gasteiger partial charge in [-0.25, -0.2) is 8.78 Å². The Labute approximate surface area is 84.5 Å². The molecule has 2 atom stereocenters. The number of aliphatic hydroxyl groups is 1. The molecule has 3 heteroatoms. The second kappa shape index (κ2) is 3.16. The zero-order valence-corrected chi connectivity index (χ0v) is 9.40. The van der Waals surface area contributed by atoms with Crippen molar-refractivity contribution in [3.8, 4) is 0 Å². The Kier molecular flexibility index (Phi) is 2.68. The molecule has 84 valence electrons. The van der Waals surface area contributed by atoms with Crippen LogP contribution in [0.5, 0.6) is 0 Å². The lowest BCUT2D eigenvalue weighted by Gasteiger charge is -2.47. The molecule has 0 heterocycles. The van der Waals surface area contributed by atoms with Crippen molar-refractivity contribution in [3.63, 3.8) is 0 Å². The van der Waals surface area contributed by atoms with Crippen molar-refractivity contribution >= 4 is 0 Å². The van der Waals surface area contributed by atoms with E-state index in [9.17, 15) is 13.9 Å². The third-order valence-electron chi connectivity index (χ3n) is 3.30. The van der Waals surface area contributed by atoms with Crippen LogP contribution >= 0.6 is 0 Å². The van der Waals surface area contributed by atoms with E-state index in [2.05, 4.69) is 0 Å². The van der Waals surface area contributed by atoms with E-state index >= 15 is 0 Å². The van der Waals surface area contributed by atoms with Crippen molar-refractivity contribution < 1.29 is 13.9 Å². The molecule has 1 saturated carbocycles. The fourth-order valence-corrected chi connectivity index (χ4v) is 2.47. The van der Waals surface area contributed by atoms with Crippen LogP contribution in [0, 0.1) is 11.3 Å². The van der Waals surface area contributed by atoms with Gasteiger partial charge in [-0.15, -0.1) is 0 Å².